The third-order valence-electron chi connectivity index (χ3n) is 4.84. The summed E-state index contributed by atoms with van der Waals surface area (Å²) in [6, 6.07) is 4.80. The SMILES string of the molecule is COc1cscc1C(=O)N1C[C@@]2(F)CN(c3ccccn3)C(=O)[C@@]2(F)C1. The number of ether oxygens (including phenoxy) is 1. The summed E-state index contributed by atoms with van der Waals surface area (Å²) < 4.78 is 35.9. The molecule has 6 nitrogen and oxygen atoms in total. The van der Waals surface area contributed by atoms with Crippen molar-refractivity contribution >= 4 is 29.0 Å². The van der Waals surface area contributed by atoms with Crippen LogP contribution in [0.4, 0.5) is 14.6 Å². The monoisotopic (exact) mass is 379 g/mol. The van der Waals surface area contributed by atoms with Gasteiger partial charge in [-0.2, -0.15) is 0 Å². The fourth-order valence-corrected chi connectivity index (χ4v) is 4.24. The average Bonchev–Trinajstić information content (AvgIpc) is 3.27. The Bertz CT molecular complexity index is 877. The van der Waals surface area contributed by atoms with Gasteiger partial charge in [-0.1, -0.05) is 6.07 Å². The van der Waals surface area contributed by atoms with Crippen molar-refractivity contribution in [3.05, 3.63) is 40.7 Å². The van der Waals surface area contributed by atoms with Crippen molar-refractivity contribution in [2.24, 2.45) is 0 Å². The molecule has 2 amide bonds. The van der Waals surface area contributed by atoms with Crippen molar-refractivity contribution in [2.75, 3.05) is 31.6 Å². The summed E-state index contributed by atoms with van der Waals surface area (Å²) in [4.78, 5) is 31.3. The first kappa shape index (κ1) is 16.9. The van der Waals surface area contributed by atoms with Crippen LogP contribution in [0.3, 0.4) is 0 Å². The summed E-state index contributed by atoms with van der Waals surface area (Å²) >= 11 is 1.25. The summed E-state index contributed by atoms with van der Waals surface area (Å²) in [6.45, 7) is -1.62. The summed E-state index contributed by atoms with van der Waals surface area (Å²) in [5.41, 5.74) is -5.04. The van der Waals surface area contributed by atoms with Crippen molar-refractivity contribution in [1.82, 2.24) is 9.88 Å². The molecule has 0 radical (unpaired) electrons. The number of alkyl halides is 2. The maximum absolute atomic E-state index is 15.4. The highest BCUT2D eigenvalue weighted by molar-refractivity contribution is 7.08. The number of hydrogen-bond acceptors (Lipinski definition) is 5. The number of aromatic nitrogens is 1. The quantitative estimate of drug-likeness (QED) is 0.819. The summed E-state index contributed by atoms with van der Waals surface area (Å²) in [5, 5.41) is 3.20. The normalized spacial score (nSPS) is 27.7. The number of amides is 2. The zero-order valence-corrected chi connectivity index (χ0v) is 14.6. The molecular formula is C17H15F2N3O3S. The Morgan fingerprint density at radius 1 is 1.27 bits per heavy atom. The Morgan fingerprint density at radius 2 is 2.08 bits per heavy atom. The van der Waals surface area contributed by atoms with E-state index in [1.54, 1.807) is 22.9 Å². The number of rotatable bonds is 3. The molecule has 2 aliphatic heterocycles. The average molecular weight is 379 g/mol. The third kappa shape index (κ3) is 2.23. The van der Waals surface area contributed by atoms with E-state index in [0.29, 0.717) is 5.75 Å². The van der Waals surface area contributed by atoms with E-state index in [4.69, 9.17) is 4.74 Å². The van der Waals surface area contributed by atoms with Crippen LogP contribution in [0.5, 0.6) is 5.75 Å². The molecule has 26 heavy (non-hydrogen) atoms. The first-order valence-corrected chi connectivity index (χ1v) is 8.84. The number of fused-ring (bicyclic) bond motifs is 1. The maximum Gasteiger partial charge on any atom is 0.271 e. The van der Waals surface area contributed by atoms with E-state index in [2.05, 4.69) is 4.98 Å². The zero-order valence-electron chi connectivity index (χ0n) is 13.8. The van der Waals surface area contributed by atoms with Crippen LogP contribution in [0.25, 0.3) is 0 Å². The fraction of sp³-hybridized carbons (Fsp3) is 0.353. The molecule has 0 spiro atoms. The second-order valence-electron chi connectivity index (χ2n) is 6.36. The lowest BCUT2D eigenvalue weighted by atomic mass is 9.93. The standard InChI is InChI=1S/C17H15F2N3O3S/c1-25-12-7-26-6-11(12)14(23)21-8-16(18)9-22(13-4-2-3-5-20-13)15(24)17(16,19)10-21/h2-7H,8-10H2,1H3/t16-,17+/m1/s1. The molecule has 0 N–H and O–H groups in total. The predicted octanol–water partition coefficient (Wildman–Crippen LogP) is 2.07. The van der Waals surface area contributed by atoms with Gasteiger partial charge in [-0.25, -0.2) is 13.8 Å². The van der Waals surface area contributed by atoms with Crippen LogP contribution in [0.15, 0.2) is 35.2 Å². The van der Waals surface area contributed by atoms with Crippen LogP contribution < -0.4 is 9.64 Å². The number of thiophene rings is 1. The molecule has 4 heterocycles. The minimum atomic E-state index is -2.79. The van der Waals surface area contributed by atoms with Crippen molar-refractivity contribution in [3.8, 4) is 5.75 Å². The Kier molecular flexibility index (Phi) is 3.72. The number of methoxy groups -OCH3 is 1. The molecule has 4 rings (SSSR count). The third-order valence-corrected chi connectivity index (χ3v) is 5.57. The van der Waals surface area contributed by atoms with Gasteiger partial charge in [0.05, 0.1) is 32.3 Å². The molecule has 2 saturated heterocycles. The van der Waals surface area contributed by atoms with Crippen molar-refractivity contribution in [2.45, 2.75) is 11.3 Å². The fourth-order valence-electron chi connectivity index (χ4n) is 3.47. The molecule has 0 aromatic carbocycles. The lowest BCUT2D eigenvalue weighted by Crippen LogP contribution is -2.47. The molecular weight excluding hydrogens is 364 g/mol. The van der Waals surface area contributed by atoms with Gasteiger partial charge in [-0.3, -0.25) is 14.5 Å². The van der Waals surface area contributed by atoms with Gasteiger partial charge in [-0.05, 0) is 12.1 Å². The first-order chi connectivity index (χ1) is 12.4. The molecule has 2 aliphatic rings. The first-order valence-electron chi connectivity index (χ1n) is 7.90. The van der Waals surface area contributed by atoms with Crippen LogP contribution in [-0.4, -0.2) is 59.8 Å². The number of nitrogens with zero attached hydrogens (tertiary/aromatic N) is 3. The summed E-state index contributed by atoms with van der Waals surface area (Å²) in [7, 11) is 1.42. The number of hydrogen-bond donors (Lipinski definition) is 0. The van der Waals surface area contributed by atoms with Gasteiger partial charge >= 0.3 is 0 Å². The summed E-state index contributed by atoms with van der Waals surface area (Å²) in [5.74, 6) is -1.02. The van der Waals surface area contributed by atoms with E-state index >= 15 is 8.78 Å². The lowest BCUT2D eigenvalue weighted by Gasteiger charge is -2.22. The number of anilines is 1. The Hall–Kier alpha value is -2.55. The molecule has 136 valence electrons. The highest BCUT2D eigenvalue weighted by Crippen LogP contribution is 2.47. The molecule has 0 unspecified atom stereocenters. The molecule has 2 aromatic rings. The summed E-state index contributed by atoms with van der Waals surface area (Å²) in [6.07, 6.45) is 1.45. The van der Waals surface area contributed by atoms with E-state index in [1.165, 1.54) is 30.7 Å². The second kappa shape index (κ2) is 5.73. The van der Waals surface area contributed by atoms with Crippen LogP contribution in [0.2, 0.25) is 0 Å². The highest BCUT2D eigenvalue weighted by Gasteiger charge is 2.72. The van der Waals surface area contributed by atoms with E-state index in [1.807, 2.05) is 0 Å². The van der Waals surface area contributed by atoms with E-state index in [9.17, 15) is 9.59 Å². The maximum atomic E-state index is 15.4. The number of carbonyl (C=O) groups excluding carboxylic acids is 2. The van der Waals surface area contributed by atoms with Crippen LogP contribution >= 0.6 is 11.3 Å². The van der Waals surface area contributed by atoms with E-state index in [0.717, 1.165) is 9.80 Å². The molecule has 0 bridgehead atoms. The highest BCUT2D eigenvalue weighted by atomic mass is 32.1. The van der Waals surface area contributed by atoms with Crippen molar-refractivity contribution < 1.29 is 23.1 Å². The minimum absolute atomic E-state index is 0.193. The van der Waals surface area contributed by atoms with Gasteiger partial charge < -0.3 is 9.64 Å². The van der Waals surface area contributed by atoms with Gasteiger partial charge in [0.2, 0.25) is 5.67 Å². The molecule has 2 atom stereocenters. The number of carbonyl (C=O) groups is 2. The van der Waals surface area contributed by atoms with Gasteiger partial charge in [0.25, 0.3) is 11.8 Å². The van der Waals surface area contributed by atoms with Gasteiger partial charge in [0.1, 0.15) is 11.6 Å². The van der Waals surface area contributed by atoms with Crippen LogP contribution in [0, 0.1) is 0 Å². The topological polar surface area (TPSA) is 62.7 Å². The Labute approximate surface area is 152 Å². The van der Waals surface area contributed by atoms with Crippen LogP contribution in [0.1, 0.15) is 10.4 Å². The number of pyridine rings is 1. The number of likely N-dealkylation sites (tertiary alicyclic amines) is 1. The van der Waals surface area contributed by atoms with Crippen molar-refractivity contribution in [1.29, 1.82) is 0 Å². The lowest BCUT2D eigenvalue weighted by molar-refractivity contribution is -0.130. The largest absolute Gasteiger partial charge is 0.495 e. The zero-order chi connectivity index (χ0) is 18.5. The number of halogens is 2. The van der Waals surface area contributed by atoms with E-state index < -0.39 is 42.8 Å². The Morgan fingerprint density at radius 3 is 2.73 bits per heavy atom. The molecule has 2 fully saturated rings. The molecule has 0 aliphatic carbocycles. The molecule has 9 heteroatoms. The van der Waals surface area contributed by atoms with Gasteiger partial charge in [0, 0.05) is 17.0 Å². The smallest absolute Gasteiger partial charge is 0.271 e. The van der Waals surface area contributed by atoms with Gasteiger partial charge in [-0.15, -0.1) is 11.3 Å². The van der Waals surface area contributed by atoms with E-state index in [-0.39, 0.29) is 11.4 Å². The Balaban J connectivity index is 1.61. The molecule has 0 saturated carbocycles. The predicted molar refractivity (Wildman–Crippen MR) is 91.0 cm³/mol. The van der Waals surface area contributed by atoms with Gasteiger partial charge in [0.15, 0.2) is 5.67 Å². The molecule has 2 aromatic heterocycles. The van der Waals surface area contributed by atoms with Crippen LogP contribution in [-0.2, 0) is 4.79 Å². The van der Waals surface area contributed by atoms with Crippen molar-refractivity contribution in [3.63, 3.8) is 0 Å². The second-order valence-corrected chi connectivity index (χ2v) is 7.10. The minimum Gasteiger partial charge on any atom is -0.495 e.